The van der Waals surface area contributed by atoms with Crippen molar-refractivity contribution < 1.29 is 8.98 Å². The maximum Gasteiger partial charge on any atom is 0.216 e. The molecule has 2 aromatic heterocycles. The Labute approximate surface area is 232 Å². The average molecular weight is 529 g/mol. The zero-order chi connectivity index (χ0) is 27.6. The Kier molecular flexibility index (Phi) is 6.04. The Morgan fingerprint density at radius 3 is 2.15 bits per heavy atom. The molecule has 0 N–H and O–H groups in total. The highest BCUT2D eigenvalue weighted by Crippen LogP contribution is 2.40. The molecule has 0 radical (unpaired) electrons. The van der Waals surface area contributed by atoms with Crippen LogP contribution < -0.4 is 9.75 Å². The molecule has 0 aliphatic heterocycles. The fourth-order valence-corrected chi connectivity index (χ4v) is 6.98. The maximum absolute atomic E-state index is 6.72. The fourth-order valence-electron chi connectivity index (χ4n) is 5.81. The minimum atomic E-state index is -1.38. The van der Waals surface area contributed by atoms with Gasteiger partial charge in [0.2, 0.25) is 11.2 Å². The van der Waals surface area contributed by atoms with Crippen LogP contribution in [0, 0.1) is 13.8 Å². The molecule has 0 saturated carbocycles. The van der Waals surface area contributed by atoms with E-state index in [2.05, 4.69) is 138 Å². The molecule has 3 heteroatoms. The zero-order valence-corrected chi connectivity index (χ0v) is 25.4. The van der Waals surface area contributed by atoms with Crippen LogP contribution in [0.2, 0.25) is 19.6 Å². The van der Waals surface area contributed by atoms with Gasteiger partial charge >= 0.3 is 0 Å². The van der Waals surface area contributed by atoms with Gasteiger partial charge in [-0.1, -0.05) is 75.1 Å². The molecule has 0 unspecified atom stereocenters. The number of hydrogen-bond acceptors (Lipinski definition) is 1. The summed E-state index contributed by atoms with van der Waals surface area (Å²) in [7, 11) is 0.803. The van der Waals surface area contributed by atoms with Gasteiger partial charge in [-0.3, -0.25) is 0 Å². The lowest BCUT2D eigenvalue weighted by Crippen LogP contribution is -2.38. The lowest BCUT2D eigenvalue weighted by atomic mass is 9.95. The van der Waals surface area contributed by atoms with Crippen LogP contribution in [0.3, 0.4) is 0 Å². The number of rotatable bonds is 4. The van der Waals surface area contributed by atoms with Crippen molar-refractivity contribution in [1.82, 2.24) is 0 Å². The molecule has 0 aliphatic carbocycles. The second-order valence-electron chi connectivity index (χ2n) is 12.5. The largest absolute Gasteiger partial charge is 0.455 e. The van der Waals surface area contributed by atoms with Crippen LogP contribution in [0.15, 0.2) is 83.3 Å². The number of aryl methyl sites for hydroxylation is 2. The van der Waals surface area contributed by atoms with E-state index in [4.69, 9.17) is 4.42 Å². The van der Waals surface area contributed by atoms with E-state index in [1.807, 2.05) is 0 Å². The third kappa shape index (κ3) is 4.30. The molecular formula is C36H38NOSi+. The van der Waals surface area contributed by atoms with E-state index in [-0.39, 0.29) is 0 Å². The quantitative estimate of drug-likeness (QED) is 0.165. The Morgan fingerprint density at radius 2 is 1.46 bits per heavy atom. The van der Waals surface area contributed by atoms with Crippen LogP contribution >= 0.6 is 0 Å². The van der Waals surface area contributed by atoms with Crippen LogP contribution in [0.1, 0.15) is 36.5 Å². The van der Waals surface area contributed by atoms with Crippen molar-refractivity contribution in [2.75, 3.05) is 0 Å². The fraction of sp³-hybridized carbons (Fsp3) is 0.250. The first-order valence-electron chi connectivity index (χ1n) is 14.0. The highest BCUT2D eigenvalue weighted by molar-refractivity contribution is 6.88. The van der Waals surface area contributed by atoms with E-state index < -0.39 is 8.07 Å². The summed E-state index contributed by atoms with van der Waals surface area (Å²) in [5, 5.41) is 5.13. The molecule has 39 heavy (non-hydrogen) atoms. The van der Waals surface area contributed by atoms with E-state index in [0.29, 0.717) is 5.92 Å². The number of benzene rings is 4. The molecule has 0 atom stereocenters. The van der Waals surface area contributed by atoms with E-state index in [1.165, 1.54) is 65.9 Å². The number of pyridine rings is 1. The molecule has 2 heterocycles. The normalized spacial score (nSPS) is 12.3. The van der Waals surface area contributed by atoms with E-state index in [9.17, 15) is 0 Å². The Bertz CT molecular complexity index is 1890. The summed E-state index contributed by atoms with van der Waals surface area (Å²) in [4.78, 5) is 0. The molecule has 6 rings (SSSR count). The maximum atomic E-state index is 6.72. The molecule has 0 aliphatic rings. The first-order valence-corrected chi connectivity index (χ1v) is 17.5. The van der Waals surface area contributed by atoms with Gasteiger partial charge in [0.05, 0.1) is 13.6 Å². The van der Waals surface area contributed by atoms with Crippen molar-refractivity contribution >= 4 is 46.1 Å². The summed E-state index contributed by atoms with van der Waals surface area (Å²) in [6.45, 7) is 16.1. The van der Waals surface area contributed by atoms with Crippen molar-refractivity contribution in [3.63, 3.8) is 0 Å². The van der Waals surface area contributed by atoms with Crippen LogP contribution in [-0.4, -0.2) is 8.07 Å². The van der Waals surface area contributed by atoms with Crippen LogP contribution in [0.5, 0.6) is 0 Å². The molecule has 0 spiro atoms. The molecule has 0 bridgehead atoms. The Balaban J connectivity index is 1.54. The number of fused-ring (bicyclic) bond motifs is 4. The number of nitrogens with zero attached hydrogens (tertiary/aromatic N) is 1. The number of hydrogen-bond donors (Lipinski definition) is 0. The monoisotopic (exact) mass is 528 g/mol. The van der Waals surface area contributed by atoms with Crippen molar-refractivity contribution in [2.45, 2.75) is 53.3 Å². The van der Waals surface area contributed by atoms with Gasteiger partial charge in [-0.15, -0.1) is 0 Å². The number of furan rings is 1. The highest BCUT2D eigenvalue weighted by atomic mass is 28.3. The summed E-state index contributed by atoms with van der Waals surface area (Å²) in [6, 6.07) is 29.4. The summed E-state index contributed by atoms with van der Waals surface area (Å²) >= 11 is 0. The topological polar surface area (TPSA) is 17.0 Å². The predicted molar refractivity (Wildman–Crippen MR) is 170 cm³/mol. The van der Waals surface area contributed by atoms with Crippen molar-refractivity contribution in [2.24, 2.45) is 7.05 Å². The Morgan fingerprint density at radius 1 is 0.744 bits per heavy atom. The first-order chi connectivity index (χ1) is 18.5. The van der Waals surface area contributed by atoms with Gasteiger partial charge in [0.15, 0.2) is 0 Å². The minimum absolute atomic E-state index is 0.528. The lowest BCUT2D eigenvalue weighted by molar-refractivity contribution is -0.633. The smallest absolute Gasteiger partial charge is 0.216 e. The summed E-state index contributed by atoms with van der Waals surface area (Å²) in [6.07, 6.45) is 0. The first kappa shape index (κ1) is 25.6. The summed E-state index contributed by atoms with van der Waals surface area (Å²) in [5.74, 6) is 0.528. The van der Waals surface area contributed by atoms with Gasteiger partial charge in [0, 0.05) is 28.3 Å². The van der Waals surface area contributed by atoms with Gasteiger partial charge in [-0.25, -0.2) is 0 Å². The van der Waals surface area contributed by atoms with Gasteiger partial charge in [-0.05, 0) is 77.9 Å². The zero-order valence-electron chi connectivity index (χ0n) is 24.4. The molecule has 196 valence electrons. The minimum Gasteiger partial charge on any atom is -0.455 e. The van der Waals surface area contributed by atoms with E-state index in [0.717, 1.165) is 11.2 Å². The van der Waals surface area contributed by atoms with E-state index in [1.54, 1.807) is 0 Å². The third-order valence-electron chi connectivity index (χ3n) is 8.49. The molecule has 0 saturated heterocycles. The third-order valence-corrected chi connectivity index (χ3v) is 10.5. The van der Waals surface area contributed by atoms with Gasteiger partial charge in [-0.2, -0.15) is 4.57 Å². The molecule has 2 nitrogen and oxygen atoms in total. The molecule has 4 aromatic carbocycles. The SMILES string of the molecule is Cc1cc2c(oc3cc(-c4ccc(C(C)C)cc4)ccc32)c(-c2ccc3cc([Si](C)(C)C)ccc3[n+]2C)c1C. The van der Waals surface area contributed by atoms with Crippen molar-refractivity contribution in [3.05, 3.63) is 95.6 Å². The van der Waals surface area contributed by atoms with Crippen LogP contribution in [0.4, 0.5) is 0 Å². The summed E-state index contributed by atoms with van der Waals surface area (Å²) in [5.41, 5.74) is 11.8. The summed E-state index contributed by atoms with van der Waals surface area (Å²) < 4.78 is 9.05. The standard InChI is InChI=1S/C36H38NOSi/c1-22(2)25-9-11-26(12-10-25)27-13-16-30-31-19-23(3)24(4)35(36(31)38-34(30)21-27)33-17-14-28-20-29(39(6,7)8)15-18-32(28)37(33)5/h9-22H,1-8H3/q+1. The van der Waals surface area contributed by atoms with Crippen molar-refractivity contribution in [1.29, 1.82) is 0 Å². The molecule has 0 amide bonds. The van der Waals surface area contributed by atoms with Gasteiger partial charge in [0.1, 0.15) is 18.2 Å². The van der Waals surface area contributed by atoms with Crippen LogP contribution in [-0.2, 0) is 7.05 Å². The van der Waals surface area contributed by atoms with Crippen LogP contribution in [0.25, 0.3) is 55.2 Å². The molecular weight excluding hydrogens is 490 g/mol. The molecule has 6 aromatic rings. The predicted octanol–water partition coefficient (Wildman–Crippen LogP) is 9.18. The second kappa shape index (κ2) is 9.20. The lowest BCUT2D eigenvalue weighted by Gasteiger charge is -2.17. The Hall–Kier alpha value is -3.69. The molecule has 0 fully saturated rings. The van der Waals surface area contributed by atoms with Gasteiger partial charge in [0.25, 0.3) is 0 Å². The van der Waals surface area contributed by atoms with Crippen molar-refractivity contribution in [3.8, 4) is 22.4 Å². The van der Waals surface area contributed by atoms with Gasteiger partial charge < -0.3 is 4.42 Å². The second-order valence-corrected chi connectivity index (χ2v) is 17.5. The average Bonchev–Trinajstić information content (AvgIpc) is 3.26. The van der Waals surface area contributed by atoms with E-state index >= 15 is 0 Å². The highest BCUT2D eigenvalue weighted by Gasteiger charge is 2.25. The number of aromatic nitrogens is 1.